The van der Waals surface area contributed by atoms with Crippen LogP contribution in [0.2, 0.25) is 0 Å². The molecule has 0 radical (unpaired) electrons. The predicted molar refractivity (Wildman–Crippen MR) is 139 cm³/mol. The van der Waals surface area contributed by atoms with Crippen LogP contribution >= 0.6 is 11.8 Å². The number of likely N-dealkylation sites (tertiary alicyclic amines) is 1. The normalized spacial score (nSPS) is 22.1. The van der Waals surface area contributed by atoms with Crippen LogP contribution < -0.4 is 21.7 Å². The van der Waals surface area contributed by atoms with Crippen LogP contribution in [0.4, 0.5) is 5.69 Å². The molecule has 3 amide bonds. The van der Waals surface area contributed by atoms with Crippen LogP contribution in [0.1, 0.15) is 49.4 Å². The van der Waals surface area contributed by atoms with Gasteiger partial charge in [-0.25, -0.2) is 0 Å². The lowest BCUT2D eigenvalue weighted by Crippen LogP contribution is -2.42. The molecule has 1 aromatic rings. The number of benzene rings is 1. The molecular formula is C25H36N6O3S. The lowest BCUT2D eigenvalue weighted by atomic mass is 9.93. The van der Waals surface area contributed by atoms with E-state index in [1.54, 1.807) is 17.0 Å². The summed E-state index contributed by atoms with van der Waals surface area (Å²) in [7, 11) is 0. The molecule has 35 heavy (non-hydrogen) atoms. The zero-order valence-corrected chi connectivity index (χ0v) is 21.2. The van der Waals surface area contributed by atoms with Gasteiger partial charge in [0.25, 0.3) is 11.8 Å². The fourth-order valence-electron chi connectivity index (χ4n) is 4.46. The largest absolute Gasteiger partial charge is 0.392 e. The molecule has 0 bridgehead atoms. The maximum absolute atomic E-state index is 12.9. The van der Waals surface area contributed by atoms with E-state index < -0.39 is 0 Å². The van der Waals surface area contributed by atoms with Gasteiger partial charge in [0, 0.05) is 43.5 Å². The highest BCUT2D eigenvalue weighted by Gasteiger charge is 2.38. The number of hydrogen-bond donors (Lipinski definition) is 4. The first-order valence-electron chi connectivity index (χ1n) is 12.6. The van der Waals surface area contributed by atoms with Crippen molar-refractivity contribution in [2.75, 3.05) is 44.6 Å². The number of carbonyl (C=O) groups is 3. The van der Waals surface area contributed by atoms with Gasteiger partial charge in [-0.3, -0.25) is 14.4 Å². The maximum atomic E-state index is 12.9. The van der Waals surface area contributed by atoms with Crippen LogP contribution in [0.5, 0.6) is 0 Å². The van der Waals surface area contributed by atoms with Gasteiger partial charge in [0.15, 0.2) is 0 Å². The predicted octanol–water partition coefficient (Wildman–Crippen LogP) is 1.68. The topological polar surface area (TPSA) is 120 Å². The Hall–Kier alpha value is -2.72. The summed E-state index contributed by atoms with van der Waals surface area (Å²) in [5.74, 6) is -0.443. The molecule has 2 aliphatic heterocycles. The van der Waals surface area contributed by atoms with Crippen molar-refractivity contribution in [2.45, 2.75) is 50.3 Å². The Morgan fingerprint density at radius 3 is 2.46 bits per heavy atom. The van der Waals surface area contributed by atoms with Crippen molar-refractivity contribution >= 4 is 35.2 Å². The van der Waals surface area contributed by atoms with E-state index in [1.165, 1.54) is 24.6 Å². The van der Waals surface area contributed by atoms with Crippen molar-refractivity contribution in [1.82, 2.24) is 20.4 Å². The first kappa shape index (κ1) is 25.4. The van der Waals surface area contributed by atoms with Crippen molar-refractivity contribution in [1.29, 1.82) is 0 Å². The van der Waals surface area contributed by atoms with Gasteiger partial charge in [-0.1, -0.05) is 11.8 Å². The molecule has 3 fully saturated rings. The molecule has 1 aromatic carbocycles. The summed E-state index contributed by atoms with van der Waals surface area (Å²) >= 11 is 1.33. The zero-order valence-electron chi connectivity index (χ0n) is 20.3. The van der Waals surface area contributed by atoms with Gasteiger partial charge in [-0.05, 0) is 76.4 Å². The highest BCUT2D eigenvalue weighted by atomic mass is 32.2. The van der Waals surface area contributed by atoms with Gasteiger partial charge in [0.1, 0.15) is 16.0 Å². The Morgan fingerprint density at radius 2 is 1.83 bits per heavy atom. The molecule has 190 valence electrons. The van der Waals surface area contributed by atoms with Gasteiger partial charge in [0.2, 0.25) is 5.91 Å². The molecule has 1 atom stereocenters. The molecule has 2 saturated heterocycles. The Kier molecular flexibility index (Phi) is 8.56. The molecule has 0 spiro atoms. The monoisotopic (exact) mass is 500 g/mol. The van der Waals surface area contributed by atoms with Gasteiger partial charge in [-0.2, -0.15) is 0 Å². The van der Waals surface area contributed by atoms with E-state index in [1.807, 2.05) is 19.1 Å². The molecule has 0 aromatic heterocycles. The van der Waals surface area contributed by atoms with Gasteiger partial charge in [-0.15, -0.1) is 0 Å². The lowest BCUT2D eigenvalue weighted by molar-refractivity contribution is -0.127. The summed E-state index contributed by atoms with van der Waals surface area (Å²) in [5.41, 5.74) is 7.69. The number of nitrogens with zero attached hydrogens (tertiary/aromatic N) is 2. The molecule has 2 heterocycles. The van der Waals surface area contributed by atoms with Crippen LogP contribution in [0.3, 0.4) is 0 Å². The Bertz CT molecular complexity index is 956. The van der Waals surface area contributed by atoms with Crippen LogP contribution in [0.25, 0.3) is 0 Å². The number of nitrogens with one attached hydrogen (secondary N) is 3. The average Bonchev–Trinajstić information content (AvgIpc) is 3.47. The van der Waals surface area contributed by atoms with E-state index in [-0.39, 0.29) is 34.7 Å². The molecule has 1 aliphatic carbocycles. The Balaban J connectivity index is 1.28. The highest BCUT2D eigenvalue weighted by molar-refractivity contribution is 8.04. The standard InChI is InChI=1S/C25H36N6O3S/c1-2-31-24(34)20(35-25(31)21(26)23(33)29-19-6-5-7-19)16-28-18-10-8-17(9-11-18)22(32)27-12-15-30-13-3-4-14-30/h8-11,19-20,28H,2-7,12-16,26H2,1H3,(H,27,32)(H,29,33)/b25-21+/t20-/m1/s1. The van der Waals surface area contributed by atoms with E-state index in [0.717, 1.165) is 44.6 Å². The minimum atomic E-state index is -0.381. The molecule has 0 unspecified atom stereocenters. The first-order valence-corrected chi connectivity index (χ1v) is 13.5. The van der Waals surface area contributed by atoms with Gasteiger partial charge in [0.05, 0.1) is 0 Å². The molecule has 10 heteroatoms. The number of anilines is 1. The minimum absolute atomic E-state index is 0.0617. The number of amides is 3. The van der Waals surface area contributed by atoms with Gasteiger partial charge < -0.3 is 31.5 Å². The molecule has 1 saturated carbocycles. The molecular weight excluding hydrogens is 464 g/mol. The molecule has 9 nitrogen and oxygen atoms in total. The second-order valence-electron chi connectivity index (χ2n) is 9.27. The fourth-order valence-corrected chi connectivity index (χ4v) is 5.69. The van der Waals surface area contributed by atoms with Crippen molar-refractivity contribution in [3.8, 4) is 0 Å². The summed E-state index contributed by atoms with van der Waals surface area (Å²) in [5, 5.41) is 9.35. The van der Waals surface area contributed by atoms with Crippen LogP contribution in [-0.4, -0.2) is 78.1 Å². The summed E-state index contributed by atoms with van der Waals surface area (Å²) in [6, 6.07) is 7.43. The van der Waals surface area contributed by atoms with Crippen LogP contribution in [-0.2, 0) is 9.59 Å². The number of thioether (sulfide) groups is 1. The van der Waals surface area contributed by atoms with Crippen LogP contribution in [0.15, 0.2) is 35.0 Å². The van der Waals surface area contributed by atoms with Crippen molar-refractivity contribution in [3.63, 3.8) is 0 Å². The smallest absolute Gasteiger partial charge is 0.270 e. The van der Waals surface area contributed by atoms with Crippen molar-refractivity contribution < 1.29 is 14.4 Å². The summed E-state index contributed by atoms with van der Waals surface area (Å²) in [4.78, 5) is 41.8. The van der Waals surface area contributed by atoms with E-state index in [2.05, 4.69) is 20.9 Å². The Morgan fingerprint density at radius 1 is 1.11 bits per heavy atom. The van der Waals surface area contributed by atoms with E-state index in [9.17, 15) is 14.4 Å². The highest BCUT2D eigenvalue weighted by Crippen LogP contribution is 2.36. The third-order valence-electron chi connectivity index (χ3n) is 6.82. The first-order chi connectivity index (χ1) is 17.0. The number of carbonyl (C=O) groups excluding carboxylic acids is 3. The Labute approximate surface area is 211 Å². The summed E-state index contributed by atoms with van der Waals surface area (Å²) in [6.07, 6.45) is 5.55. The summed E-state index contributed by atoms with van der Waals surface area (Å²) < 4.78 is 0. The maximum Gasteiger partial charge on any atom is 0.270 e. The average molecular weight is 501 g/mol. The number of hydrogen-bond acceptors (Lipinski definition) is 7. The third-order valence-corrected chi connectivity index (χ3v) is 8.14. The van der Waals surface area contributed by atoms with E-state index in [4.69, 9.17) is 5.73 Å². The second kappa shape index (κ2) is 11.8. The minimum Gasteiger partial charge on any atom is -0.392 e. The molecule has 3 aliphatic rings. The summed E-state index contributed by atoms with van der Waals surface area (Å²) in [6.45, 7) is 6.48. The van der Waals surface area contributed by atoms with Crippen molar-refractivity contribution in [2.24, 2.45) is 5.73 Å². The van der Waals surface area contributed by atoms with Gasteiger partial charge >= 0.3 is 0 Å². The van der Waals surface area contributed by atoms with E-state index >= 15 is 0 Å². The fraction of sp³-hybridized carbons (Fsp3) is 0.560. The van der Waals surface area contributed by atoms with E-state index in [0.29, 0.717) is 30.2 Å². The lowest BCUT2D eigenvalue weighted by Gasteiger charge is -2.27. The molecule has 5 N–H and O–H groups in total. The third kappa shape index (κ3) is 6.29. The quantitative estimate of drug-likeness (QED) is 0.361. The SMILES string of the molecule is CCN1C(=O)[C@@H](CNc2ccc(C(=O)NCCN3CCCC3)cc2)S/C1=C(/N)C(=O)NC1CCC1. The zero-order chi connectivity index (χ0) is 24.8. The molecule has 4 rings (SSSR count). The number of nitrogens with two attached hydrogens (primary N) is 1. The second-order valence-corrected chi connectivity index (χ2v) is 10.5. The van der Waals surface area contributed by atoms with Crippen LogP contribution in [0, 0.1) is 0 Å². The number of rotatable bonds is 10. The van der Waals surface area contributed by atoms with Crippen molar-refractivity contribution in [3.05, 3.63) is 40.6 Å².